The first-order valence-corrected chi connectivity index (χ1v) is 7.97. The van der Waals surface area contributed by atoms with E-state index in [9.17, 15) is 14.4 Å². The van der Waals surface area contributed by atoms with Gasteiger partial charge in [0.05, 0.1) is 11.4 Å². The number of para-hydroxylation sites is 2. The molecular formula is C19H14N4O3. The minimum atomic E-state index is -0.641. The normalized spacial score (nSPS) is 11.0. The van der Waals surface area contributed by atoms with Gasteiger partial charge in [-0.2, -0.15) is 4.98 Å². The van der Waals surface area contributed by atoms with Gasteiger partial charge in [-0.15, -0.1) is 0 Å². The van der Waals surface area contributed by atoms with Crippen LogP contribution in [0.3, 0.4) is 0 Å². The van der Waals surface area contributed by atoms with Crippen LogP contribution in [0.4, 0.5) is 0 Å². The first-order valence-electron chi connectivity index (χ1n) is 7.97. The van der Waals surface area contributed by atoms with Gasteiger partial charge in [0.25, 0.3) is 5.56 Å². The maximum Gasteiger partial charge on any atom is 0.354 e. The van der Waals surface area contributed by atoms with E-state index >= 15 is 0 Å². The van der Waals surface area contributed by atoms with Crippen LogP contribution >= 0.6 is 0 Å². The lowest BCUT2D eigenvalue weighted by Gasteiger charge is -2.12. The van der Waals surface area contributed by atoms with E-state index in [0.29, 0.717) is 17.1 Å². The molecule has 0 aliphatic heterocycles. The summed E-state index contributed by atoms with van der Waals surface area (Å²) in [6.45, 7) is 1.66. The van der Waals surface area contributed by atoms with E-state index < -0.39 is 16.9 Å². The summed E-state index contributed by atoms with van der Waals surface area (Å²) in [7, 11) is 0. The van der Waals surface area contributed by atoms with Crippen LogP contribution in [-0.4, -0.2) is 19.1 Å². The predicted octanol–water partition coefficient (Wildman–Crippen LogP) is 1.53. The second kappa shape index (κ2) is 5.96. The minimum Gasteiger partial charge on any atom is -0.291 e. The summed E-state index contributed by atoms with van der Waals surface area (Å²) >= 11 is 0. The van der Waals surface area contributed by atoms with Gasteiger partial charge in [0.15, 0.2) is 5.65 Å². The molecule has 0 unspecified atom stereocenters. The quantitative estimate of drug-likeness (QED) is 0.596. The molecule has 0 bridgehead atoms. The second-order valence-electron chi connectivity index (χ2n) is 5.78. The van der Waals surface area contributed by atoms with Gasteiger partial charge in [-0.25, -0.2) is 14.2 Å². The predicted molar refractivity (Wildman–Crippen MR) is 98.3 cm³/mol. The topological polar surface area (TPSA) is 89.8 Å². The van der Waals surface area contributed by atoms with Crippen LogP contribution in [0.15, 0.2) is 75.0 Å². The number of aryl methyl sites for hydroxylation is 1. The largest absolute Gasteiger partial charge is 0.354 e. The number of hydrogen-bond acceptors (Lipinski definition) is 4. The van der Waals surface area contributed by atoms with E-state index in [0.717, 1.165) is 4.57 Å². The maximum atomic E-state index is 13.1. The summed E-state index contributed by atoms with van der Waals surface area (Å²) in [5.74, 6) is 0. The van der Waals surface area contributed by atoms with Crippen molar-refractivity contribution in [3.63, 3.8) is 0 Å². The zero-order chi connectivity index (χ0) is 18.3. The highest BCUT2D eigenvalue weighted by Gasteiger charge is 2.17. The van der Waals surface area contributed by atoms with Crippen molar-refractivity contribution in [2.45, 2.75) is 6.92 Å². The molecule has 0 saturated carbocycles. The lowest BCUT2D eigenvalue weighted by atomic mass is 10.2. The average molecular weight is 346 g/mol. The third-order valence-corrected chi connectivity index (χ3v) is 4.21. The van der Waals surface area contributed by atoms with E-state index in [1.54, 1.807) is 61.5 Å². The number of nitrogens with one attached hydrogen (secondary N) is 1. The van der Waals surface area contributed by atoms with Crippen molar-refractivity contribution >= 4 is 11.0 Å². The number of aromatic nitrogens is 4. The average Bonchev–Trinajstić information content (AvgIpc) is 2.63. The van der Waals surface area contributed by atoms with E-state index in [1.807, 2.05) is 6.07 Å². The van der Waals surface area contributed by atoms with E-state index in [1.165, 1.54) is 4.57 Å². The van der Waals surface area contributed by atoms with E-state index in [-0.39, 0.29) is 11.0 Å². The van der Waals surface area contributed by atoms with Crippen LogP contribution in [0.25, 0.3) is 22.4 Å². The molecule has 2 heterocycles. The Kier molecular flexibility index (Phi) is 3.62. The highest BCUT2D eigenvalue weighted by atomic mass is 16.2. The zero-order valence-electron chi connectivity index (χ0n) is 13.8. The van der Waals surface area contributed by atoms with Crippen LogP contribution in [0.1, 0.15) is 5.69 Å². The summed E-state index contributed by atoms with van der Waals surface area (Å²) < 4.78 is 2.40. The first-order chi connectivity index (χ1) is 12.6. The fourth-order valence-corrected chi connectivity index (χ4v) is 3.03. The Morgan fingerprint density at radius 2 is 1.35 bits per heavy atom. The SMILES string of the molecule is Cc1c2c(=O)n(-c3ccccc3)c(=O)[nH]c2nc(=O)n1-c1ccccc1. The van der Waals surface area contributed by atoms with Crippen molar-refractivity contribution in [2.75, 3.05) is 0 Å². The lowest BCUT2D eigenvalue weighted by molar-refractivity contribution is 0.850. The number of rotatable bonds is 2. The van der Waals surface area contributed by atoms with Crippen LogP contribution in [0.2, 0.25) is 0 Å². The van der Waals surface area contributed by atoms with E-state index in [2.05, 4.69) is 9.97 Å². The van der Waals surface area contributed by atoms with Crippen LogP contribution in [-0.2, 0) is 0 Å². The Bertz CT molecular complexity index is 1280. The minimum absolute atomic E-state index is 0.0122. The van der Waals surface area contributed by atoms with Crippen molar-refractivity contribution in [1.82, 2.24) is 19.1 Å². The van der Waals surface area contributed by atoms with Gasteiger partial charge in [0.2, 0.25) is 0 Å². The molecule has 2 aromatic carbocycles. The van der Waals surface area contributed by atoms with Crippen molar-refractivity contribution in [2.24, 2.45) is 0 Å². The third-order valence-electron chi connectivity index (χ3n) is 4.21. The van der Waals surface area contributed by atoms with Crippen molar-refractivity contribution in [3.05, 3.63) is 97.7 Å². The number of benzene rings is 2. The van der Waals surface area contributed by atoms with Gasteiger partial charge in [-0.3, -0.25) is 14.3 Å². The molecule has 0 atom stereocenters. The molecular weight excluding hydrogens is 332 g/mol. The Balaban J connectivity index is 2.14. The van der Waals surface area contributed by atoms with Crippen LogP contribution < -0.4 is 16.9 Å². The number of aromatic amines is 1. The van der Waals surface area contributed by atoms with Gasteiger partial charge < -0.3 is 0 Å². The Hall–Kier alpha value is -3.74. The smallest absolute Gasteiger partial charge is 0.291 e. The van der Waals surface area contributed by atoms with Crippen LogP contribution in [0, 0.1) is 6.92 Å². The van der Waals surface area contributed by atoms with Crippen molar-refractivity contribution < 1.29 is 0 Å². The molecule has 0 amide bonds. The third kappa shape index (κ3) is 2.37. The highest BCUT2D eigenvalue weighted by Crippen LogP contribution is 2.13. The Morgan fingerprint density at radius 1 is 0.808 bits per heavy atom. The maximum absolute atomic E-state index is 13.1. The molecule has 0 radical (unpaired) electrons. The fraction of sp³-hybridized carbons (Fsp3) is 0.0526. The summed E-state index contributed by atoms with van der Waals surface area (Å²) in [6, 6.07) is 17.5. The number of fused-ring (bicyclic) bond motifs is 1. The summed E-state index contributed by atoms with van der Waals surface area (Å²) in [6.07, 6.45) is 0. The zero-order valence-corrected chi connectivity index (χ0v) is 13.8. The van der Waals surface area contributed by atoms with Gasteiger partial charge >= 0.3 is 11.4 Å². The van der Waals surface area contributed by atoms with Gasteiger partial charge in [0, 0.05) is 5.69 Å². The molecule has 7 heteroatoms. The highest BCUT2D eigenvalue weighted by molar-refractivity contribution is 5.76. The molecule has 2 aromatic heterocycles. The molecule has 0 aliphatic carbocycles. The Morgan fingerprint density at radius 3 is 1.92 bits per heavy atom. The van der Waals surface area contributed by atoms with Gasteiger partial charge in [-0.05, 0) is 31.2 Å². The summed E-state index contributed by atoms with van der Waals surface area (Å²) in [4.78, 5) is 44.3. The molecule has 128 valence electrons. The lowest BCUT2D eigenvalue weighted by Crippen LogP contribution is -2.36. The monoisotopic (exact) mass is 346 g/mol. The molecule has 4 aromatic rings. The van der Waals surface area contributed by atoms with E-state index in [4.69, 9.17) is 0 Å². The number of H-pyrrole nitrogens is 1. The fourth-order valence-electron chi connectivity index (χ4n) is 3.03. The van der Waals surface area contributed by atoms with Gasteiger partial charge in [-0.1, -0.05) is 36.4 Å². The standard InChI is InChI=1S/C19H14N4O3/c1-12-15-16(20-18(25)22(12)13-8-4-2-5-9-13)21-19(26)23(17(15)24)14-10-6-3-7-11-14/h2-11H,1H3,(H,20,21,25,26). The van der Waals surface area contributed by atoms with Crippen LogP contribution in [0.5, 0.6) is 0 Å². The molecule has 26 heavy (non-hydrogen) atoms. The molecule has 7 nitrogen and oxygen atoms in total. The second-order valence-corrected chi connectivity index (χ2v) is 5.78. The molecule has 0 spiro atoms. The molecule has 0 saturated heterocycles. The Labute approximate surface area is 146 Å². The first kappa shape index (κ1) is 15.8. The van der Waals surface area contributed by atoms with Crippen molar-refractivity contribution in [3.8, 4) is 11.4 Å². The summed E-state index contributed by atoms with van der Waals surface area (Å²) in [5.41, 5.74) is -0.284. The van der Waals surface area contributed by atoms with Gasteiger partial charge in [0.1, 0.15) is 5.39 Å². The molecule has 4 rings (SSSR count). The van der Waals surface area contributed by atoms with Crippen molar-refractivity contribution in [1.29, 1.82) is 0 Å². The molecule has 0 aliphatic rings. The molecule has 1 N–H and O–H groups in total. The summed E-state index contributed by atoms with van der Waals surface area (Å²) in [5, 5.41) is 0.192. The number of nitrogens with zero attached hydrogens (tertiary/aromatic N) is 3. The number of hydrogen-bond donors (Lipinski definition) is 1. The molecule has 0 fully saturated rings.